The number of carbonyl (C=O) groups excluding carboxylic acids is 1. The Morgan fingerprint density at radius 2 is 2.05 bits per heavy atom. The van der Waals surface area contributed by atoms with Gasteiger partial charge in [-0.15, -0.1) is 0 Å². The van der Waals surface area contributed by atoms with Crippen LogP contribution in [0.1, 0.15) is 48.9 Å². The number of hydrogen-bond acceptors (Lipinski definition) is 1. The standard InChI is InChI=1S/C15H19BrClNO/c16-14-7-6-12(17)10-13(14)15(19)18-9-8-11-4-2-1-3-5-11/h6-7,10-11H,1-5,8-9H2,(H,18,19). The van der Waals surface area contributed by atoms with Gasteiger partial charge in [0.05, 0.1) is 5.56 Å². The second kappa shape index (κ2) is 7.30. The summed E-state index contributed by atoms with van der Waals surface area (Å²) in [6.45, 7) is 0.752. The van der Waals surface area contributed by atoms with Crippen molar-refractivity contribution in [1.29, 1.82) is 0 Å². The zero-order valence-electron chi connectivity index (χ0n) is 10.9. The topological polar surface area (TPSA) is 29.1 Å². The minimum atomic E-state index is -0.0508. The zero-order valence-corrected chi connectivity index (χ0v) is 13.3. The van der Waals surface area contributed by atoms with Gasteiger partial charge in [0.15, 0.2) is 0 Å². The molecule has 1 amide bonds. The molecule has 1 saturated carbocycles. The van der Waals surface area contributed by atoms with E-state index in [0.717, 1.165) is 23.4 Å². The maximum atomic E-state index is 12.1. The van der Waals surface area contributed by atoms with Gasteiger partial charge >= 0.3 is 0 Å². The van der Waals surface area contributed by atoms with E-state index in [9.17, 15) is 4.79 Å². The molecular formula is C15H19BrClNO. The lowest BCUT2D eigenvalue weighted by Crippen LogP contribution is -2.26. The minimum absolute atomic E-state index is 0.0508. The van der Waals surface area contributed by atoms with Crippen LogP contribution in [0.2, 0.25) is 5.02 Å². The Bertz CT molecular complexity index is 444. The van der Waals surface area contributed by atoms with Crippen molar-refractivity contribution in [2.75, 3.05) is 6.54 Å². The number of amides is 1. The third-order valence-corrected chi connectivity index (χ3v) is 4.66. The van der Waals surface area contributed by atoms with E-state index in [2.05, 4.69) is 21.2 Å². The summed E-state index contributed by atoms with van der Waals surface area (Å²) in [5.74, 6) is 0.738. The molecule has 0 spiro atoms. The highest BCUT2D eigenvalue weighted by Crippen LogP contribution is 2.26. The van der Waals surface area contributed by atoms with Gasteiger partial charge in [-0.05, 0) is 46.5 Å². The van der Waals surface area contributed by atoms with Gasteiger partial charge < -0.3 is 5.32 Å². The highest BCUT2D eigenvalue weighted by Gasteiger charge is 2.14. The van der Waals surface area contributed by atoms with Crippen molar-refractivity contribution >= 4 is 33.4 Å². The molecule has 1 N–H and O–H groups in total. The van der Waals surface area contributed by atoms with Gasteiger partial charge in [0.25, 0.3) is 5.91 Å². The highest BCUT2D eigenvalue weighted by molar-refractivity contribution is 9.10. The predicted octanol–water partition coefficient (Wildman–Crippen LogP) is 4.80. The molecule has 1 fully saturated rings. The maximum absolute atomic E-state index is 12.1. The molecule has 0 aliphatic heterocycles. The molecule has 0 bridgehead atoms. The summed E-state index contributed by atoms with van der Waals surface area (Å²) in [5, 5.41) is 3.57. The molecule has 0 atom stereocenters. The molecule has 2 rings (SSSR count). The van der Waals surface area contributed by atoms with Gasteiger partial charge in [-0.3, -0.25) is 4.79 Å². The Hall–Kier alpha value is -0.540. The van der Waals surface area contributed by atoms with E-state index < -0.39 is 0 Å². The van der Waals surface area contributed by atoms with Crippen LogP contribution in [0, 0.1) is 5.92 Å². The smallest absolute Gasteiger partial charge is 0.252 e. The maximum Gasteiger partial charge on any atom is 0.252 e. The van der Waals surface area contributed by atoms with Crippen LogP contribution in [0.25, 0.3) is 0 Å². The fraction of sp³-hybridized carbons (Fsp3) is 0.533. The quantitative estimate of drug-likeness (QED) is 0.835. The molecule has 0 aromatic heterocycles. The summed E-state index contributed by atoms with van der Waals surface area (Å²) in [7, 11) is 0. The molecule has 0 heterocycles. The number of benzene rings is 1. The summed E-state index contributed by atoms with van der Waals surface area (Å²) in [5.41, 5.74) is 0.608. The van der Waals surface area contributed by atoms with Crippen molar-refractivity contribution in [2.24, 2.45) is 5.92 Å². The molecule has 2 nitrogen and oxygen atoms in total. The van der Waals surface area contributed by atoms with E-state index in [1.807, 2.05) is 0 Å². The molecule has 1 aromatic rings. The Balaban J connectivity index is 1.82. The number of rotatable bonds is 4. The van der Waals surface area contributed by atoms with E-state index >= 15 is 0 Å². The molecule has 0 radical (unpaired) electrons. The minimum Gasteiger partial charge on any atom is -0.352 e. The van der Waals surface area contributed by atoms with Crippen molar-refractivity contribution in [2.45, 2.75) is 38.5 Å². The van der Waals surface area contributed by atoms with Crippen molar-refractivity contribution in [3.05, 3.63) is 33.3 Å². The predicted molar refractivity (Wildman–Crippen MR) is 82.7 cm³/mol. The van der Waals surface area contributed by atoms with E-state index in [0.29, 0.717) is 10.6 Å². The molecule has 104 valence electrons. The van der Waals surface area contributed by atoms with E-state index in [1.165, 1.54) is 32.1 Å². The van der Waals surface area contributed by atoms with Crippen molar-refractivity contribution in [3.63, 3.8) is 0 Å². The summed E-state index contributed by atoms with van der Waals surface area (Å²) >= 11 is 9.30. The number of carbonyl (C=O) groups is 1. The number of halogens is 2. The second-order valence-electron chi connectivity index (χ2n) is 5.17. The molecule has 19 heavy (non-hydrogen) atoms. The average Bonchev–Trinajstić information content (AvgIpc) is 2.42. The first-order valence-corrected chi connectivity index (χ1v) is 8.07. The van der Waals surface area contributed by atoms with E-state index in [4.69, 9.17) is 11.6 Å². The van der Waals surface area contributed by atoms with Crippen molar-refractivity contribution < 1.29 is 4.79 Å². The first-order valence-electron chi connectivity index (χ1n) is 6.90. The van der Waals surface area contributed by atoms with Crippen LogP contribution < -0.4 is 5.32 Å². The molecule has 0 saturated heterocycles. The summed E-state index contributed by atoms with van der Waals surface area (Å²) in [4.78, 5) is 12.1. The van der Waals surface area contributed by atoms with Crippen LogP contribution in [0.4, 0.5) is 0 Å². The number of hydrogen-bond donors (Lipinski definition) is 1. The van der Waals surface area contributed by atoms with E-state index in [1.54, 1.807) is 18.2 Å². The monoisotopic (exact) mass is 343 g/mol. The van der Waals surface area contributed by atoms with Gasteiger partial charge in [0.2, 0.25) is 0 Å². The van der Waals surface area contributed by atoms with Crippen LogP contribution in [0.15, 0.2) is 22.7 Å². The molecule has 4 heteroatoms. The largest absolute Gasteiger partial charge is 0.352 e. The molecule has 1 aliphatic rings. The summed E-state index contributed by atoms with van der Waals surface area (Å²) < 4.78 is 0.784. The highest BCUT2D eigenvalue weighted by atomic mass is 79.9. The Morgan fingerprint density at radius 1 is 1.32 bits per heavy atom. The van der Waals surface area contributed by atoms with Crippen molar-refractivity contribution in [1.82, 2.24) is 5.32 Å². The van der Waals surface area contributed by atoms with Crippen LogP contribution >= 0.6 is 27.5 Å². The molecule has 1 aromatic carbocycles. The van der Waals surface area contributed by atoms with Gasteiger partial charge in [-0.1, -0.05) is 43.7 Å². The third kappa shape index (κ3) is 4.50. The summed E-state index contributed by atoms with van der Waals surface area (Å²) in [6.07, 6.45) is 7.78. The van der Waals surface area contributed by atoms with Crippen LogP contribution in [-0.4, -0.2) is 12.5 Å². The Labute approximate surface area is 128 Å². The van der Waals surface area contributed by atoms with Gasteiger partial charge in [-0.25, -0.2) is 0 Å². The first-order chi connectivity index (χ1) is 9.16. The van der Waals surface area contributed by atoms with E-state index in [-0.39, 0.29) is 5.91 Å². The fourth-order valence-corrected chi connectivity index (χ4v) is 3.23. The van der Waals surface area contributed by atoms with Gasteiger partial charge in [0, 0.05) is 16.0 Å². The van der Waals surface area contributed by atoms with Crippen LogP contribution in [-0.2, 0) is 0 Å². The molecular weight excluding hydrogens is 326 g/mol. The number of nitrogens with one attached hydrogen (secondary N) is 1. The lowest BCUT2D eigenvalue weighted by atomic mass is 9.87. The van der Waals surface area contributed by atoms with Crippen LogP contribution in [0.3, 0.4) is 0 Å². The Morgan fingerprint density at radius 3 is 2.79 bits per heavy atom. The van der Waals surface area contributed by atoms with Crippen LogP contribution in [0.5, 0.6) is 0 Å². The first kappa shape index (κ1) is 14.9. The van der Waals surface area contributed by atoms with Gasteiger partial charge in [0.1, 0.15) is 0 Å². The second-order valence-corrected chi connectivity index (χ2v) is 6.46. The van der Waals surface area contributed by atoms with Crippen molar-refractivity contribution in [3.8, 4) is 0 Å². The molecule has 0 unspecified atom stereocenters. The fourth-order valence-electron chi connectivity index (χ4n) is 2.63. The lowest BCUT2D eigenvalue weighted by Gasteiger charge is -2.21. The summed E-state index contributed by atoms with van der Waals surface area (Å²) in [6, 6.07) is 5.27. The third-order valence-electron chi connectivity index (χ3n) is 3.74. The normalized spacial score (nSPS) is 16.3. The lowest BCUT2D eigenvalue weighted by molar-refractivity contribution is 0.0949. The van der Waals surface area contributed by atoms with Gasteiger partial charge in [-0.2, -0.15) is 0 Å². The zero-order chi connectivity index (χ0) is 13.7. The SMILES string of the molecule is O=C(NCCC1CCCCC1)c1cc(Cl)ccc1Br. The molecule has 1 aliphatic carbocycles. The Kier molecular flexibility index (Phi) is 5.71. The average molecular weight is 345 g/mol.